The minimum absolute atomic E-state index is 0. The molecule has 2 rings (SSSR count). The number of nitro benzene ring substituents is 1. The van der Waals surface area contributed by atoms with Gasteiger partial charge in [0.1, 0.15) is 0 Å². The van der Waals surface area contributed by atoms with Crippen LogP contribution in [0.3, 0.4) is 0 Å². The molecule has 6 nitrogen and oxygen atoms in total. The summed E-state index contributed by atoms with van der Waals surface area (Å²) in [5.41, 5.74) is 1.14. The monoisotopic (exact) mass is 299 g/mol. The fourth-order valence-electron chi connectivity index (χ4n) is 2.25. The number of halogens is 1. The van der Waals surface area contributed by atoms with E-state index in [1.807, 2.05) is 0 Å². The van der Waals surface area contributed by atoms with Crippen LogP contribution in [0, 0.1) is 17.0 Å². The first kappa shape index (κ1) is 16.4. The number of piperidine rings is 1. The lowest BCUT2D eigenvalue weighted by Crippen LogP contribution is -2.42. The Morgan fingerprint density at radius 3 is 2.60 bits per heavy atom. The van der Waals surface area contributed by atoms with Gasteiger partial charge in [-0.2, -0.15) is 0 Å². The van der Waals surface area contributed by atoms with Gasteiger partial charge in [0, 0.05) is 23.7 Å². The van der Waals surface area contributed by atoms with Gasteiger partial charge in [-0.1, -0.05) is 0 Å². The Hall–Kier alpha value is -1.66. The molecule has 0 unspecified atom stereocenters. The predicted molar refractivity (Wildman–Crippen MR) is 78.4 cm³/mol. The first-order valence-electron chi connectivity index (χ1n) is 6.34. The Kier molecular flexibility index (Phi) is 5.91. The van der Waals surface area contributed by atoms with Crippen molar-refractivity contribution in [3.8, 4) is 0 Å². The smallest absolute Gasteiger partial charge is 0.269 e. The molecule has 7 heteroatoms. The van der Waals surface area contributed by atoms with Crippen LogP contribution in [-0.2, 0) is 0 Å². The number of rotatable bonds is 3. The number of hydrogen-bond donors (Lipinski definition) is 2. The molecule has 1 amide bonds. The van der Waals surface area contributed by atoms with Crippen molar-refractivity contribution in [2.24, 2.45) is 0 Å². The third-order valence-electron chi connectivity index (χ3n) is 3.34. The molecule has 1 saturated heterocycles. The molecule has 20 heavy (non-hydrogen) atoms. The Morgan fingerprint density at radius 1 is 1.40 bits per heavy atom. The molecular formula is C13H18ClN3O3. The highest BCUT2D eigenvalue weighted by Gasteiger charge is 2.18. The largest absolute Gasteiger partial charge is 0.349 e. The van der Waals surface area contributed by atoms with E-state index in [1.54, 1.807) is 6.92 Å². The molecule has 0 atom stereocenters. The van der Waals surface area contributed by atoms with Gasteiger partial charge in [-0.25, -0.2) is 0 Å². The zero-order valence-corrected chi connectivity index (χ0v) is 12.0. The van der Waals surface area contributed by atoms with E-state index in [0.29, 0.717) is 11.1 Å². The lowest BCUT2D eigenvalue weighted by atomic mass is 10.0. The second-order valence-corrected chi connectivity index (χ2v) is 4.75. The molecule has 1 aromatic carbocycles. The minimum Gasteiger partial charge on any atom is -0.349 e. The standard InChI is InChI=1S/C13H17N3O3.ClH/c1-9-8-11(16(18)19)2-3-12(9)13(17)15-10-4-6-14-7-5-10;/h2-3,8,10,14H,4-7H2,1H3,(H,15,17);1H. The molecule has 0 bridgehead atoms. The number of aryl methyl sites for hydroxylation is 1. The van der Waals surface area contributed by atoms with Gasteiger partial charge in [-0.05, 0) is 44.5 Å². The number of carbonyl (C=O) groups is 1. The quantitative estimate of drug-likeness (QED) is 0.658. The third kappa shape index (κ3) is 3.91. The number of carbonyl (C=O) groups excluding carboxylic acids is 1. The van der Waals surface area contributed by atoms with Crippen LogP contribution < -0.4 is 10.6 Å². The average Bonchev–Trinajstić information content (AvgIpc) is 2.39. The van der Waals surface area contributed by atoms with Crippen LogP contribution in [0.5, 0.6) is 0 Å². The molecule has 0 aliphatic carbocycles. The summed E-state index contributed by atoms with van der Waals surface area (Å²) < 4.78 is 0. The topological polar surface area (TPSA) is 84.3 Å². The van der Waals surface area contributed by atoms with E-state index in [0.717, 1.165) is 25.9 Å². The minimum atomic E-state index is -0.457. The first-order valence-corrected chi connectivity index (χ1v) is 6.34. The lowest BCUT2D eigenvalue weighted by molar-refractivity contribution is -0.384. The van der Waals surface area contributed by atoms with Gasteiger partial charge in [0.25, 0.3) is 11.6 Å². The van der Waals surface area contributed by atoms with Crippen molar-refractivity contribution in [1.82, 2.24) is 10.6 Å². The van der Waals surface area contributed by atoms with Crippen molar-refractivity contribution in [2.75, 3.05) is 13.1 Å². The van der Waals surface area contributed by atoms with Gasteiger partial charge in [0.2, 0.25) is 0 Å². The Labute approximate surface area is 123 Å². The third-order valence-corrected chi connectivity index (χ3v) is 3.34. The molecule has 1 aliphatic rings. The Balaban J connectivity index is 0.00000200. The van der Waals surface area contributed by atoms with E-state index >= 15 is 0 Å². The van der Waals surface area contributed by atoms with Crippen molar-refractivity contribution < 1.29 is 9.72 Å². The second-order valence-electron chi connectivity index (χ2n) is 4.75. The van der Waals surface area contributed by atoms with E-state index in [9.17, 15) is 14.9 Å². The summed E-state index contributed by atoms with van der Waals surface area (Å²) in [4.78, 5) is 22.3. The van der Waals surface area contributed by atoms with Crippen LogP contribution >= 0.6 is 12.4 Å². The highest BCUT2D eigenvalue weighted by molar-refractivity contribution is 5.96. The van der Waals surface area contributed by atoms with E-state index < -0.39 is 4.92 Å². The fourth-order valence-corrected chi connectivity index (χ4v) is 2.25. The first-order chi connectivity index (χ1) is 9.08. The molecule has 1 fully saturated rings. The predicted octanol–water partition coefficient (Wildman–Crippen LogP) is 1.81. The molecular weight excluding hydrogens is 282 g/mol. The summed E-state index contributed by atoms with van der Waals surface area (Å²) >= 11 is 0. The van der Waals surface area contributed by atoms with Gasteiger partial charge in [0.15, 0.2) is 0 Å². The number of benzene rings is 1. The van der Waals surface area contributed by atoms with Crippen LogP contribution in [0.1, 0.15) is 28.8 Å². The number of nitrogens with one attached hydrogen (secondary N) is 2. The Bertz CT molecular complexity index is 502. The SMILES string of the molecule is Cc1cc([N+](=O)[O-])ccc1C(=O)NC1CCNCC1.Cl. The van der Waals surface area contributed by atoms with Crippen LogP contribution in [-0.4, -0.2) is 30.0 Å². The summed E-state index contributed by atoms with van der Waals surface area (Å²) in [6.45, 7) is 3.53. The van der Waals surface area contributed by atoms with Crippen LogP contribution in [0.25, 0.3) is 0 Å². The van der Waals surface area contributed by atoms with E-state index in [2.05, 4.69) is 10.6 Å². The Morgan fingerprint density at radius 2 is 2.05 bits per heavy atom. The van der Waals surface area contributed by atoms with Crippen molar-refractivity contribution in [2.45, 2.75) is 25.8 Å². The number of nitrogens with zero attached hydrogens (tertiary/aromatic N) is 1. The van der Waals surface area contributed by atoms with Crippen molar-refractivity contribution in [3.05, 3.63) is 39.4 Å². The normalized spacial score (nSPS) is 15.2. The second kappa shape index (κ2) is 7.21. The zero-order valence-electron chi connectivity index (χ0n) is 11.2. The summed E-state index contributed by atoms with van der Waals surface area (Å²) in [6, 6.07) is 4.49. The number of amides is 1. The molecule has 2 N–H and O–H groups in total. The molecule has 1 aromatic rings. The number of non-ortho nitro benzene ring substituents is 1. The molecule has 0 spiro atoms. The maximum atomic E-state index is 12.1. The molecule has 0 aromatic heterocycles. The van der Waals surface area contributed by atoms with E-state index in [1.165, 1.54) is 18.2 Å². The van der Waals surface area contributed by atoms with Crippen LogP contribution in [0.2, 0.25) is 0 Å². The van der Waals surface area contributed by atoms with Gasteiger partial charge < -0.3 is 10.6 Å². The lowest BCUT2D eigenvalue weighted by Gasteiger charge is -2.23. The van der Waals surface area contributed by atoms with Gasteiger partial charge >= 0.3 is 0 Å². The average molecular weight is 300 g/mol. The summed E-state index contributed by atoms with van der Waals surface area (Å²) in [5.74, 6) is -0.153. The van der Waals surface area contributed by atoms with Gasteiger partial charge in [0.05, 0.1) is 4.92 Å². The number of nitro groups is 1. The number of hydrogen-bond acceptors (Lipinski definition) is 4. The molecule has 110 valence electrons. The highest BCUT2D eigenvalue weighted by atomic mass is 35.5. The molecule has 1 aliphatic heterocycles. The zero-order chi connectivity index (χ0) is 13.8. The molecule has 0 radical (unpaired) electrons. The van der Waals surface area contributed by atoms with Crippen molar-refractivity contribution in [3.63, 3.8) is 0 Å². The van der Waals surface area contributed by atoms with E-state index in [4.69, 9.17) is 0 Å². The molecule has 0 saturated carbocycles. The van der Waals surface area contributed by atoms with Gasteiger partial charge in [-0.3, -0.25) is 14.9 Å². The summed E-state index contributed by atoms with van der Waals surface area (Å²) in [5, 5.41) is 16.9. The summed E-state index contributed by atoms with van der Waals surface area (Å²) in [6.07, 6.45) is 1.83. The fraction of sp³-hybridized carbons (Fsp3) is 0.462. The van der Waals surface area contributed by atoms with Gasteiger partial charge in [-0.15, -0.1) is 12.4 Å². The van der Waals surface area contributed by atoms with Crippen molar-refractivity contribution in [1.29, 1.82) is 0 Å². The van der Waals surface area contributed by atoms with E-state index in [-0.39, 0.29) is 30.0 Å². The molecule has 1 heterocycles. The van der Waals surface area contributed by atoms with Crippen LogP contribution in [0.15, 0.2) is 18.2 Å². The highest BCUT2D eigenvalue weighted by Crippen LogP contribution is 2.17. The van der Waals surface area contributed by atoms with Crippen LogP contribution in [0.4, 0.5) is 5.69 Å². The summed E-state index contributed by atoms with van der Waals surface area (Å²) in [7, 11) is 0. The maximum absolute atomic E-state index is 12.1. The van der Waals surface area contributed by atoms with Crippen molar-refractivity contribution >= 4 is 24.0 Å². The maximum Gasteiger partial charge on any atom is 0.269 e.